The Hall–Kier alpha value is -1.39. The number of carbonyl (C=O) groups is 2. The van der Waals surface area contributed by atoms with E-state index in [1.54, 1.807) is 0 Å². The average Bonchev–Trinajstić information content (AvgIpc) is 2.43. The zero-order chi connectivity index (χ0) is 15.3. The minimum atomic E-state index is -3.69. The molecule has 1 saturated heterocycles. The Bertz CT molecular complexity index is 458. The number of amides is 1. The number of hydrogen-bond acceptors (Lipinski definition) is 5. The zero-order valence-electron chi connectivity index (χ0n) is 11.5. The van der Waals surface area contributed by atoms with Gasteiger partial charge in [-0.25, -0.2) is 4.79 Å². The van der Waals surface area contributed by atoms with E-state index in [0.717, 1.165) is 4.31 Å². The van der Waals surface area contributed by atoms with Crippen LogP contribution >= 0.6 is 0 Å². The number of carboxylic acids is 1. The van der Waals surface area contributed by atoms with Gasteiger partial charge in [-0.05, 0) is 0 Å². The first-order chi connectivity index (χ1) is 9.28. The van der Waals surface area contributed by atoms with Gasteiger partial charge in [-0.3, -0.25) is 4.79 Å². The van der Waals surface area contributed by atoms with Gasteiger partial charge < -0.3 is 14.7 Å². The van der Waals surface area contributed by atoms with Gasteiger partial charge in [0, 0.05) is 39.8 Å². The van der Waals surface area contributed by atoms with E-state index in [4.69, 9.17) is 5.11 Å². The van der Waals surface area contributed by atoms with Crippen molar-refractivity contribution in [1.29, 1.82) is 0 Å². The number of nitrogens with zero attached hydrogens (tertiary/aromatic N) is 3. The molecule has 0 atom stereocenters. The first-order valence-electron chi connectivity index (χ1n) is 6.05. The van der Waals surface area contributed by atoms with Crippen molar-refractivity contribution in [3.05, 3.63) is 0 Å². The van der Waals surface area contributed by atoms with Crippen LogP contribution in [0.25, 0.3) is 0 Å². The second-order valence-electron chi connectivity index (χ2n) is 4.33. The van der Waals surface area contributed by atoms with Gasteiger partial charge >= 0.3 is 12.1 Å². The molecule has 116 valence electrons. The Morgan fingerprint density at radius 3 is 2.25 bits per heavy atom. The lowest BCUT2D eigenvalue weighted by molar-refractivity contribution is -0.137. The highest BCUT2D eigenvalue weighted by Crippen LogP contribution is 2.11. The van der Waals surface area contributed by atoms with Crippen LogP contribution in [0.3, 0.4) is 0 Å². The van der Waals surface area contributed by atoms with Crippen molar-refractivity contribution in [2.75, 3.05) is 46.9 Å². The molecule has 0 aromatic carbocycles. The standard InChI is InChI=1S/C10H19N3O6S/c1-11(4-3-9(14)15)20(17,18)13-7-5-12(6-8-13)10(16)19-2/h3-8H2,1-2H3,(H,14,15). The number of carbonyl (C=O) groups excluding carboxylic acids is 1. The minimum absolute atomic E-state index is 0.0884. The van der Waals surface area contributed by atoms with E-state index in [9.17, 15) is 18.0 Å². The number of piperazine rings is 1. The van der Waals surface area contributed by atoms with Crippen LogP contribution in [0.1, 0.15) is 6.42 Å². The van der Waals surface area contributed by atoms with E-state index >= 15 is 0 Å². The Labute approximate surface area is 117 Å². The third-order valence-corrected chi connectivity index (χ3v) is 5.02. The Morgan fingerprint density at radius 1 is 1.25 bits per heavy atom. The molecule has 1 aliphatic rings. The van der Waals surface area contributed by atoms with Crippen LogP contribution in [0.2, 0.25) is 0 Å². The number of carboxylic acid groups (broad SMARTS) is 1. The van der Waals surface area contributed by atoms with E-state index in [1.165, 1.54) is 23.4 Å². The molecule has 0 bridgehead atoms. The predicted octanol–water partition coefficient (Wildman–Crippen LogP) is -0.978. The molecule has 0 saturated carbocycles. The molecule has 0 aromatic heterocycles. The molecule has 0 aromatic rings. The SMILES string of the molecule is COC(=O)N1CCN(S(=O)(=O)N(C)CCC(=O)O)CC1. The van der Waals surface area contributed by atoms with Gasteiger partial charge in [0.2, 0.25) is 0 Å². The van der Waals surface area contributed by atoms with Crippen LogP contribution < -0.4 is 0 Å². The van der Waals surface area contributed by atoms with Gasteiger partial charge in [0.25, 0.3) is 10.2 Å². The van der Waals surface area contributed by atoms with Crippen LogP contribution in [-0.2, 0) is 19.7 Å². The van der Waals surface area contributed by atoms with Crippen LogP contribution in [0.4, 0.5) is 4.79 Å². The molecule has 1 amide bonds. The molecule has 1 aliphatic heterocycles. The third kappa shape index (κ3) is 4.05. The van der Waals surface area contributed by atoms with Crippen molar-refractivity contribution in [3.63, 3.8) is 0 Å². The summed E-state index contributed by atoms with van der Waals surface area (Å²) in [5, 5.41) is 8.57. The summed E-state index contributed by atoms with van der Waals surface area (Å²) >= 11 is 0. The van der Waals surface area contributed by atoms with E-state index in [2.05, 4.69) is 4.74 Å². The number of hydrogen-bond donors (Lipinski definition) is 1. The second-order valence-corrected chi connectivity index (χ2v) is 6.36. The maximum absolute atomic E-state index is 12.2. The van der Waals surface area contributed by atoms with Gasteiger partial charge in [-0.1, -0.05) is 0 Å². The molecule has 1 heterocycles. The summed E-state index contributed by atoms with van der Waals surface area (Å²) in [7, 11) is -1.08. The van der Waals surface area contributed by atoms with Gasteiger partial charge in [0.1, 0.15) is 0 Å². The summed E-state index contributed by atoms with van der Waals surface area (Å²) in [5.74, 6) is -1.05. The molecule has 1 rings (SSSR count). The summed E-state index contributed by atoms with van der Waals surface area (Å²) in [6.45, 7) is 0.732. The molecule has 9 nitrogen and oxygen atoms in total. The van der Waals surface area contributed by atoms with E-state index < -0.39 is 22.3 Å². The quantitative estimate of drug-likeness (QED) is 0.699. The van der Waals surface area contributed by atoms with Gasteiger partial charge in [0.05, 0.1) is 13.5 Å². The van der Waals surface area contributed by atoms with E-state index in [-0.39, 0.29) is 39.1 Å². The lowest BCUT2D eigenvalue weighted by Gasteiger charge is -2.34. The number of rotatable bonds is 5. The van der Waals surface area contributed by atoms with Crippen molar-refractivity contribution in [2.24, 2.45) is 0 Å². The van der Waals surface area contributed by atoms with Crippen molar-refractivity contribution in [3.8, 4) is 0 Å². The molecule has 20 heavy (non-hydrogen) atoms. The first kappa shape index (κ1) is 16.7. The van der Waals surface area contributed by atoms with Crippen LogP contribution in [0, 0.1) is 0 Å². The second kappa shape index (κ2) is 6.86. The van der Waals surface area contributed by atoms with E-state index in [0.29, 0.717) is 0 Å². The highest BCUT2D eigenvalue weighted by atomic mass is 32.2. The maximum Gasteiger partial charge on any atom is 0.409 e. The van der Waals surface area contributed by atoms with Crippen molar-refractivity contribution >= 4 is 22.3 Å². The molecule has 10 heteroatoms. The fourth-order valence-electron chi connectivity index (χ4n) is 1.80. The largest absolute Gasteiger partial charge is 0.481 e. The van der Waals surface area contributed by atoms with Crippen LogP contribution in [-0.4, -0.2) is 86.0 Å². The van der Waals surface area contributed by atoms with E-state index in [1.807, 2.05) is 0 Å². The fourth-order valence-corrected chi connectivity index (χ4v) is 3.14. The van der Waals surface area contributed by atoms with Crippen LogP contribution in [0.5, 0.6) is 0 Å². The topological polar surface area (TPSA) is 107 Å². The molecule has 1 fully saturated rings. The molecular formula is C10H19N3O6S. The molecule has 1 N–H and O–H groups in total. The van der Waals surface area contributed by atoms with Crippen molar-refractivity contribution < 1.29 is 27.9 Å². The lowest BCUT2D eigenvalue weighted by atomic mass is 10.4. The lowest BCUT2D eigenvalue weighted by Crippen LogP contribution is -2.53. The van der Waals surface area contributed by atoms with Gasteiger partial charge in [-0.2, -0.15) is 17.0 Å². The third-order valence-electron chi connectivity index (χ3n) is 3.03. The molecule has 0 spiro atoms. The fraction of sp³-hybridized carbons (Fsp3) is 0.800. The first-order valence-corrected chi connectivity index (χ1v) is 7.45. The Balaban J connectivity index is 2.58. The predicted molar refractivity (Wildman–Crippen MR) is 69.4 cm³/mol. The van der Waals surface area contributed by atoms with Crippen LogP contribution in [0.15, 0.2) is 0 Å². The maximum atomic E-state index is 12.2. The Morgan fingerprint density at radius 2 is 1.80 bits per heavy atom. The van der Waals surface area contributed by atoms with Gasteiger partial charge in [0.15, 0.2) is 0 Å². The monoisotopic (exact) mass is 309 g/mol. The Kier molecular flexibility index (Phi) is 5.72. The number of ether oxygens (including phenoxy) is 1. The average molecular weight is 309 g/mol. The molecule has 0 unspecified atom stereocenters. The summed E-state index contributed by atoms with van der Waals surface area (Å²) in [5.41, 5.74) is 0. The van der Waals surface area contributed by atoms with Gasteiger partial charge in [-0.15, -0.1) is 0 Å². The normalized spacial score (nSPS) is 17.2. The molecule has 0 radical (unpaired) electrons. The number of aliphatic carboxylic acids is 1. The highest BCUT2D eigenvalue weighted by Gasteiger charge is 2.31. The molecule has 0 aliphatic carbocycles. The number of methoxy groups -OCH3 is 1. The molecular weight excluding hydrogens is 290 g/mol. The summed E-state index contributed by atoms with van der Waals surface area (Å²) in [6, 6.07) is 0. The summed E-state index contributed by atoms with van der Waals surface area (Å²) in [4.78, 5) is 23.2. The summed E-state index contributed by atoms with van der Waals surface area (Å²) < 4.78 is 31.1. The minimum Gasteiger partial charge on any atom is -0.481 e. The zero-order valence-corrected chi connectivity index (χ0v) is 12.3. The highest BCUT2D eigenvalue weighted by molar-refractivity contribution is 7.86. The smallest absolute Gasteiger partial charge is 0.409 e. The van der Waals surface area contributed by atoms with Crippen molar-refractivity contribution in [2.45, 2.75) is 6.42 Å². The summed E-state index contributed by atoms with van der Waals surface area (Å²) in [6.07, 6.45) is -0.737. The van der Waals surface area contributed by atoms with Crippen molar-refractivity contribution in [1.82, 2.24) is 13.5 Å².